The third kappa shape index (κ3) is 4.36. The highest BCUT2D eigenvalue weighted by molar-refractivity contribution is 7.08. The average Bonchev–Trinajstić information content (AvgIpc) is 3.32. The van der Waals surface area contributed by atoms with Gasteiger partial charge in [0, 0.05) is 31.6 Å². The highest BCUT2D eigenvalue weighted by atomic mass is 32.1. The number of carbonyl (C=O) groups excluding carboxylic acids is 1. The molecule has 2 aromatic rings. The minimum Gasteiger partial charge on any atom is -0.497 e. The van der Waals surface area contributed by atoms with Crippen LogP contribution in [-0.4, -0.2) is 49.0 Å². The number of hydrogen-bond donors (Lipinski definition) is 0. The minimum absolute atomic E-state index is 0.279. The predicted octanol–water partition coefficient (Wildman–Crippen LogP) is 3.81. The van der Waals surface area contributed by atoms with Gasteiger partial charge >= 0.3 is 0 Å². The Labute approximate surface area is 165 Å². The van der Waals surface area contributed by atoms with Gasteiger partial charge in [0.05, 0.1) is 13.5 Å². The molecule has 144 valence electrons. The Morgan fingerprint density at radius 3 is 2.93 bits per heavy atom. The van der Waals surface area contributed by atoms with E-state index in [0.717, 1.165) is 50.5 Å². The standard InChI is InChI=1S/C22H28N2O2S/c1-26-20-5-2-4-18(12-20)14-23-9-3-7-22(16-23)8-10-24(17-22)21(25)13-19-6-11-27-15-19/h2,4-6,11-12,15H,3,7-10,13-14,16-17H2,1H3/t22-/m1/s1. The first-order valence-electron chi connectivity index (χ1n) is 9.80. The molecule has 3 heterocycles. The summed E-state index contributed by atoms with van der Waals surface area (Å²) < 4.78 is 5.36. The zero-order chi connectivity index (χ0) is 18.7. The summed E-state index contributed by atoms with van der Waals surface area (Å²) in [6, 6.07) is 10.4. The van der Waals surface area contributed by atoms with Crippen molar-refractivity contribution < 1.29 is 9.53 Å². The first-order chi connectivity index (χ1) is 13.2. The quantitative estimate of drug-likeness (QED) is 0.786. The Morgan fingerprint density at radius 2 is 2.11 bits per heavy atom. The molecule has 2 fully saturated rings. The number of piperidine rings is 1. The van der Waals surface area contributed by atoms with Crippen molar-refractivity contribution in [3.05, 3.63) is 52.2 Å². The molecule has 2 saturated heterocycles. The summed E-state index contributed by atoms with van der Waals surface area (Å²) in [6.45, 7) is 5.02. The maximum absolute atomic E-state index is 12.7. The molecule has 1 spiro atoms. The van der Waals surface area contributed by atoms with Crippen molar-refractivity contribution in [1.82, 2.24) is 9.80 Å². The zero-order valence-electron chi connectivity index (χ0n) is 16.0. The van der Waals surface area contributed by atoms with Gasteiger partial charge in [-0.25, -0.2) is 0 Å². The van der Waals surface area contributed by atoms with Crippen LogP contribution in [0.15, 0.2) is 41.1 Å². The lowest BCUT2D eigenvalue weighted by Gasteiger charge is -2.40. The van der Waals surface area contributed by atoms with Crippen LogP contribution in [0.3, 0.4) is 0 Å². The van der Waals surface area contributed by atoms with Crippen molar-refractivity contribution >= 4 is 17.2 Å². The molecule has 0 unspecified atom stereocenters. The molecule has 2 aliphatic rings. The molecular formula is C22H28N2O2S. The Morgan fingerprint density at radius 1 is 1.19 bits per heavy atom. The fourth-order valence-electron chi connectivity index (χ4n) is 4.63. The molecule has 5 heteroatoms. The summed E-state index contributed by atoms with van der Waals surface area (Å²) in [4.78, 5) is 17.3. The summed E-state index contributed by atoms with van der Waals surface area (Å²) in [5.41, 5.74) is 2.73. The molecule has 0 radical (unpaired) electrons. The molecule has 0 aliphatic carbocycles. The maximum Gasteiger partial charge on any atom is 0.227 e. The van der Waals surface area contributed by atoms with Crippen molar-refractivity contribution in [1.29, 1.82) is 0 Å². The molecule has 0 saturated carbocycles. The number of likely N-dealkylation sites (tertiary alicyclic amines) is 2. The molecule has 1 aromatic carbocycles. The zero-order valence-corrected chi connectivity index (χ0v) is 16.8. The Balaban J connectivity index is 1.36. The van der Waals surface area contributed by atoms with Gasteiger partial charge in [0.15, 0.2) is 0 Å². The molecule has 0 N–H and O–H groups in total. The lowest BCUT2D eigenvalue weighted by Crippen LogP contribution is -2.45. The van der Waals surface area contributed by atoms with Gasteiger partial charge in [-0.15, -0.1) is 0 Å². The summed E-state index contributed by atoms with van der Waals surface area (Å²) in [5, 5.41) is 4.13. The highest BCUT2D eigenvalue weighted by Gasteiger charge is 2.42. The van der Waals surface area contributed by atoms with Crippen LogP contribution >= 0.6 is 11.3 Å². The Bertz CT molecular complexity index is 776. The van der Waals surface area contributed by atoms with Gasteiger partial charge in [0.25, 0.3) is 0 Å². The van der Waals surface area contributed by atoms with Crippen molar-refractivity contribution in [3.8, 4) is 5.75 Å². The number of carbonyl (C=O) groups is 1. The molecule has 2 aliphatic heterocycles. The number of thiophene rings is 1. The van der Waals surface area contributed by atoms with E-state index in [1.807, 2.05) is 11.4 Å². The first-order valence-corrected chi connectivity index (χ1v) is 10.7. The summed E-state index contributed by atoms with van der Waals surface area (Å²) in [7, 11) is 1.72. The Kier molecular flexibility index (Phi) is 5.50. The third-order valence-electron chi connectivity index (χ3n) is 6.01. The Hall–Kier alpha value is -1.85. The van der Waals surface area contributed by atoms with Gasteiger partial charge < -0.3 is 9.64 Å². The predicted molar refractivity (Wildman–Crippen MR) is 109 cm³/mol. The summed E-state index contributed by atoms with van der Waals surface area (Å²) >= 11 is 1.66. The highest BCUT2D eigenvalue weighted by Crippen LogP contribution is 2.39. The van der Waals surface area contributed by atoms with E-state index in [4.69, 9.17) is 4.74 Å². The maximum atomic E-state index is 12.7. The van der Waals surface area contributed by atoms with E-state index in [1.165, 1.54) is 18.4 Å². The van der Waals surface area contributed by atoms with Crippen LogP contribution in [0.25, 0.3) is 0 Å². The monoisotopic (exact) mass is 384 g/mol. The topological polar surface area (TPSA) is 32.8 Å². The second-order valence-electron chi connectivity index (χ2n) is 8.04. The van der Waals surface area contributed by atoms with E-state index >= 15 is 0 Å². The molecule has 1 amide bonds. The SMILES string of the molecule is COc1cccc(CN2CCC[C@@]3(CCN(C(=O)Cc4ccsc4)C3)C2)c1. The number of ether oxygens (including phenoxy) is 1. The first kappa shape index (κ1) is 18.5. The smallest absolute Gasteiger partial charge is 0.227 e. The molecule has 1 atom stereocenters. The van der Waals surface area contributed by atoms with Gasteiger partial charge in [0.1, 0.15) is 5.75 Å². The van der Waals surface area contributed by atoms with Crippen LogP contribution in [0.1, 0.15) is 30.4 Å². The third-order valence-corrected chi connectivity index (χ3v) is 6.74. The number of benzene rings is 1. The van der Waals surface area contributed by atoms with E-state index in [0.29, 0.717) is 6.42 Å². The lowest BCUT2D eigenvalue weighted by atomic mass is 9.79. The fraction of sp³-hybridized carbons (Fsp3) is 0.500. The van der Waals surface area contributed by atoms with Crippen molar-refractivity contribution in [2.75, 3.05) is 33.3 Å². The number of amides is 1. The van der Waals surface area contributed by atoms with Gasteiger partial charge in [-0.1, -0.05) is 12.1 Å². The second-order valence-corrected chi connectivity index (χ2v) is 8.82. The molecule has 1 aromatic heterocycles. The molecular weight excluding hydrogens is 356 g/mol. The van der Waals surface area contributed by atoms with Crippen LogP contribution in [0, 0.1) is 5.41 Å². The van der Waals surface area contributed by atoms with E-state index in [1.54, 1.807) is 18.4 Å². The average molecular weight is 385 g/mol. The van der Waals surface area contributed by atoms with Gasteiger partial charge in [-0.3, -0.25) is 9.69 Å². The summed E-state index contributed by atoms with van der Waals surface area (Å²) in [5.74, 6) is 1.21. The minimum atomic E-state index is 0.279. The van der Waals surface area contributed by atoms with Crippen LogP contribution in [-0.2, 0) is 17.8 Å². The molecule has 4 nitrogen and oxygen atoms in total. The van der Waals surface area contributed by atoms with Crippen LogP contribution in [0.4, 0.5) is 0 Å². The second kappa shape index (κ2) is 8.03. The van der Waals surface area contributed by atoms with Crippen molar-refractivity contribution in [2.45, 2.75) is 32.2 Å². The lowest BCUT2D eigenvalue weighted by molar-refractivity contribution is -0.130. The van der Waals surface area contributed by atoms with Crippen LogP contribution in [0.2, 0.25) is 0 Å². The van der Waals surface area contributed by atoms with E-state index in [9.17, 15) is 4.79 Å². The van der Waals surface area contributed by atoms with Gasteiger partial charge in [-0.05, 0) is 65.9 Å². The van der Waals surface area contributed by atoms with Crippen molar-refractivity contribution in [2.24, 2.45) is 5.41 Å². The van der Waals surface area contributed by atoms with Crippen LogP contribution < -0.4 is 4.74 Å². The number of methoxy groups -OCH3 is 1. The number of hydrogen-bond acceptors (Lipinski definition) is 4. The molecule has 0 bridgehead atoms. The number of nitrogens with zero attached hydrogens (tertiary/aromatic N) is 2. The van der Waals surface area contributed by atoms with E-state index in [-0.39, 0.29) is 11.3 Å². The van der Waals surface area contributed by atoms with E-state index in [2.05, 4.69) is 39.4 Å². The van der Waals surface area contributed by atoms with Crippen molar-refractivity contribution in [3.63, 3.8) is 0 Å². The molecule has 4 rings (SSSR count). The van der Waals surface area contributed by atoms with Crippen LogP contribution in [0.5, 0.6) is 5.75 Å². The van der Waals surface area contributed by atoms with Gasteiger partial charge in [-0.2, -0.15) is 11.3 Å². The largest absolute Gasteiger partial charge is 0.497 e. The number of rotatable bonds is 5. The van der Waals surface area contributed by atoms with E-state index < -0.39 is 0 Å². The fourth-order valence-corrected chi connectivity index (χ4v) is 5.30. The molecule has 27 heavy (non-hydrogen) atoms. The summed E-state index contributed by atoms with van der Waals surface area (Å²) in [6.07, 6.45) is 4.14. The normalized spacial score (nSPS) is 23.1. The van der Waals surface area contributed by atoms with Gasteiger partial charge in [0.2, 0.25) is 5.91 Å².